The predicted molar refractivity (Wildman–Crippen MR) is 106 cm³/mol. The first-order valence-corrected chi connectivity index (χ1v) is 10.9. The Balaban J connectivity index is 1.74. The van der Waals surface area contributed by atoms with E-state index in [0.29, 0.717) is 16.5 Å². The normalized spacial score (nSPS) is 11.8. The Morgan fingerprint density at radius 2 is 2.04 bits per heavy atom. The zero-order valence-electron chi connectivity index (χ0n) is 14.2. The molecule has 0 aliphatic rings. The number of carbonyl (C=O) groups is 1. The number of benzene rings is 2. The summed E-state index contributed by atoms with van der Waals surface area (Å²) in [7, 11) is -3.84. The van der Waals surface area contributed by atoms with Crippen LogP contribution >= 0.6 is 22.9 Å². The van der Waals surface area contributed by atoms with E-state index in [-0.39, 0.29) is 21.9 Å². The van der Waals surface area contributed by atoms with Crippen molar-refractivity contribution in [2.24, 2.45) is 0 Å². The highest BCUT2D eigenvalue weighted by atomic mass is 35.5. The van der Waals surface area contributed by atoms with Crippen molar-refractivity contribution in [2.75, 3.05) is 0 Å². The Morgan fingerprint density at radius 3 is 2.75 bits per heavy atom. The van der Waals surface area contributed by atoms with E-state index in [9.17, 15) is 17.6 Å². The number of halogens is 2. The van der Waals surface area contributed by atoms with E-state index in [0.717, 1.165) is 4.09 Å². The summed E-state index contributed by atoms with van der Waals surface area (Å²) < 4.78 is 40.5. The van der Waals surface area contributed by atoms with Gasteiger partial charge in [0.1, 0.15) is 5.82 Å². The third kappa shape index (κ3) is 3.23. The predicted octanol–water partition coefficient (Wildman–Crippen LogP) is 4.55. The average Bonchev–Trinajstić information content (AvgIpc) is 3.32. The first-order valence-electron chi connectivity index (χ1n) is 8.09. The lowest BCUT2D eigenvalue weighted by atomic mass is 10.0. The smallest absolute Gasteiger partial charge is 0.284 e. The molecule has 0 bridgehead atoms. The quantitative estimate of drug-likeness (QED) is 0.432. The molecule has 9 heteroatoms. The minimum atomic E-state index is -3.84. The molecule has 0 radical (unpaired) electrons. The number of carbonyl (C=O) groups excluding carboxylic acids is 1. The van der Waals surface area contributed by atoms with Gasteiger partial charge in [-0.15, -0.1) is 0 Å². The van der Waals surface area contributed by atoms with E-state index in [2.05, 4.69) is 5.10 Å². The van der Waals surface area contributed by atoms with Crippen molar-refractivity contribution in [3.8, 4) is 0 Å². The van der Waals surface area contributed by atoms with Gasteiger partial charge in [0.2, 0.25) is 0 Å². The first-order chi connectivity index (χ1) is 13.4. The van der Waals surface area contributed by atoms with Crippen molar-refractivity contribution in [1.82, 2.24) is 9.19 Å². The Kier molecular flexibility index (Phi) is 4.78. The van der Waals surface area contributed by atoms with Gasteiger partial charge >= 0.3 is 0 Å². The molecule has 142 valence electrons. The van der Waals surface area contributed by atoms with Crippen molar-refractivity contribution >= 4 is 49.6 Å². The molecule has 0 N–H and O–H groups in total. The molecule has 5 nitrogen and oxygen atoms in total. The number of aromatic nitrogens is 2. The molecule has 0 aliphatic heterocycles. The standard InChI is InChI=1S/C19H12ClFN2O3S2/c20-15-2-1-3-16(21)19(15)18(24)9-12-4-5-13-10-22-23(17(13)8-12)28(25,26)14-6-7-27-11-14/h1-8,10-11H,9H2. The van der Waals surface area contributed by atoms with Crippen LogP contribution in [0.5, 0.6) is 0 Å². The van der Waals surface area contributed by atoms with E-state index in [1.165, 1.54) is 47.2 Å². The Labute approximate surface area is 169 Å². The van der Waals surface area contributed by atoms with Crippen LogP contribution in [0.3, 0.4) is 0 Å². The lowest BCUT2D eigenvalue weighted by Crippen LogP contribution is -2.13. The van der Waals surface area contributed by atoms with Crippen LogP contribution in [0, 0.1) is 5.82 Å². The van der Waals surface area contributed by atoms with Gasteiger partial charge in [0, 0.05) is 17.2 Å². The summed E-state index contributed by atoms with van der Waals surface area (Å²) in [4.78, 5) is 12.7. The molecule has 0 saturated heterocycles. The second-order valence-corrected chi connectivity index (χ2v) is 9.00. The van der Waals surface area contributed by atoms with Gasteiger partial charge in [-0.1, -0.05) is 29.8 Å². The lowest BCUT2D eigenvalue weighted by molar-refractivity contribution is 0.0989. The monoisotopic (exact) mass is 434 g/mol. The molecule has 0 spiro atoms. The number of Topliss-reactive ketones (excluding diaryl/α,β-unsaturated/α-hetero) is 1. The molecule has 2 aromatic heterocycles. The van der Waals surface area contributed by atoms with Crippen molar-refractivity contribution in [3.63, 3.8) is 0 Å². The lowest BCUT2D eigenvalue weighted by Gasteiger charge is -2.07. The number of hydrogen-bond donors (Lipinski definition) is 0. The van der Waals surface area contributed by atoms with Crippen LogP contribution in [0.4, 0.5) is 4.39 Å². The fourth-order valence-electron chi connectivity index (χ4n) is 2.88. The molecule has 0 atom stereocenters. The third-order valence-corrected chi connectivity index (χ3v) is 6.97. The molecular weight excluding hydrogens is 423 g/mol. The third-order valence-electron chi connectivity index (χ3n) is 4.23. The van der Waals surface area contributed by atoms with Crippen molar-refractivity contribution in [1.29, 1.82) is 0 Å². The van der Waals surface area contributed by atoms with Gasteiger partial charge in [-0.25, -0.2) is 4.39 Å². The van der Waals surface area contributed by atoms with Gasteiger partial charge in [-0.2, -0.15) is 28.9 Å². The topological polar surface area (TPSA) is 69.0 Å². The average molecular weight is 435 g/mol. The molecule has 0 fully saturated rings. The number of thiophene rings is 1. The minimum absolute atomic E-state index is 0.0381. The van der Waals surface area contributed by atoms with Crippen LogP contribution in [-0.2, 0) is 16.4 Å². The van der Waals surface area contributed by atoms with Crippen LogP contribution < -0.4 is 0 Å². The largest absolute Gasteiger partial charge is 0.294 e. The van der Waals surface area contributed by atoms with Crippen LogP contribution in [-0.4, -0.2) is 23.4 Å². The molecule has 2 aromatic carbocycles. The van der Waals surface area contributed by atoms with Crippen LogP contribution in [0.1, 0.15) is 15.9 Å². The number of nitrogens with zero attached hydrogens (tertiary/aromatic N) is 2. The summed E-state index contributed by atoms with van der Waals surface area (Å²) in [5.74, 6) is -1.18. The highest BCUT2D eigenvalue weighted by Crippen LogP contribution is 2.25. The summed E-state index contributed by atoms with van der Waals surface area (Å²) in [6.07, 6.45) is 1.32. The molecular formula is C19H12ClFN2O3S2. The maximum Gasteiger partial charge on any atom is 0.284 e. The number of fused-ring (bicyclic) bond motifs is 1. The fourth-order valence-corrected chi connectivity index (χ4v) is 5.43. The molecule has 0 saturated carbocycles. The molecule has 0 unspecified atom stereocenters. The summed E-state index contributed by atoms with van der Waals surface area (Å²) in [6.45, 7) is 0. The van der Waals surface area contributed by atoms with E-state index >= 15 is 0 Å². The van der Waals surface area contributed by atoms with Gasteiger partial charge in [-0.05, 0) is 35.2 Å². The summed E-state index contributed by atoms with van der Waals surface area (Å²) in [5, 5.41) is 7.84. The molecule has 4 rings (SSSR count). The Hall–Kier alpha value is -2.55. The van der Waals surface area contributed by atoms with Gasteiger partial charge < -0.3 is 0 Å². The Bertz CT molecular complexity index is 1280. The second kappa shape index (κ2) is 7.12. The van der Waals surface area contributed by atoms with Crippen molar-refractivity contribution in [2.45, 2.75) is 11.3 Å². The van der Waals surface area contributed by atoms with E-state index in [4.69, 9.17) is 11.6 Å². The zero-order chi connectivity index (χ0) is 19.9. The molecule has 28 heavy (non-hydrogen) atoms. The van der Waals surface area contributed by atoms with E-state index in [1.807, 2.05) is 0 Å². The van der Waals surface area contributed by atoms with Crippen LogP contribution in [0.25, 0.3) is 10.9 Å². The Morgan fingerprint density at radius 1 is 1.21 bits per heavy atom. The second-order valence-electron chi connectivity index (χ2n) is 6.04. The maximum absolute atomic E-state index is 14.0. The zero-order valence-corrected chi connectivity index (χ0v) is 16.6. The maximum atomic E-state index is 14.0. The SMILES string of the molecule is O=C(Cc1ccc2cnn(S(=O)(=O)c3ccsc3)c2c1)c1c(F)cccc1Cl. The molecule has 0 aliphatic carbocycles. The minimum Gasteiger partial charge on any atom is -0.294 e. The van der Waals surface area contributed by atoms with Crippen molar-refractivity contribution < 1.29 is 17.6 Å². The molecule has 2 heterocycles. The summed E-state index contributed by atoms with van der Waals surface area (Å²) in [5.41, 5.74) is 0.693. The van der Waals surface area contributed by atoms with Gasteiger partial charge in [0.05, 0.1) is 27.2 Å². The van der Waals surface area contributed by atoms with Crippen LogP contribution in [0.2, 0.25) is 5.02 Å². The van der Waals surface area contributed by atoms with Crippen molar-refractivity contribution in [3.05, 3.63) is 81.4 Å². The highest BCUT2D eigenvalue weighted by Gasteiger charge is 2.22. The number of ketones is 1. The molecule has 0 amide bonds. The van der Waals surface area contributed by atoms with Crippen LogP contribution in [0.15, 0.2) is 64.3 Å². The van der Waals surface area contributed by atoms with E-state index < -0.39 is 21.6 Å². The highest BCUT2D eigenvalue weighted by molar-refractivity contribution is 7.90. The summed E-state index contributed by atoms with van der Waals surface area (Å²) in [6, 6.07) is 10.5. The summed E-state index contributed by atoms with van der Waals surface area (Å²) >= 11 is 7.23. The molecule has 4 aromatic rings. The van der Waals surface area contributed by atoms with Gasteiger partial charge in [0.25, 0.3) is 10.0 Å². The van der Waals surface area contributed by atoms with Gasteiger partial charge in [0.15, 0.2) is 5.78 Å². The van der Waals surface area contributed by atoms with Gasteiger partial charge in [-0.3, -0.25) is 4.79 Å². The number of hydrogen-bond acceptors (Lipinski definition) is 5. The first kappa shape index (κ1) is 18.8. The van der Waals surface area contributed by atoms with E-state index in [1.54, 1.807) is 23.6 Å². The fraction of sp³-hybridized carbons (Fsp3) is 0.0526. The number of rotatable bonds is 5.